The van der Waals surface area contributed by atoms with Crippen molar-refractivity contribution in [2.45, 2.75) is 65.0 Å². The van der Waals surface area contributed by atoms with Gasteiger partial charge < -0.3 is 19.1 Å². The minimum Gasteiger partial charge on any atom is -0.385 e. The molecule has 35 heavy (non-hydrogen) atoms. The van der Waals surface area contributed by atoms with Crippen LogP contribution in [0.5, 0.6) is 0 Å². The predicted molar refractivity (Wildman–Crippen MR) is 143 cm³/mol. The van der Waals surface area contributed by atoms with Gasteiger partial charge in [-0.1, -0.05) is 54.2 Å². The van der Waals surface area contributed by atoms with Crippen molar-refractivity contribution in [3.05, 3.63) is 58.3 Å². The van der Waals surface area contributed by atoms with Crippen LogP contribution in [0.1, 0.15) is 63.1 Å². The summed E-state index contributed by atoms with van der Waals surface area (Å²) in [5.41, 5.74) is 2.31. The summed E-state index contributed by atoms with van der Waals surface area (Å²) in [6, 6.07) is 12.5. The first kappa shape index (κ1) is 27.5. The Kier molecular flexibility index (Phi) is 11.3. The van der Waals surface area contributed by atoms with E-state index in [0.717, 1.165) is 61.7 Å². The fourth-order valence-corrected chi connectivity index (χ4v) is 5.00. The second kappa shape index (κ2) is 14.4. The first-order valence-corrected chi connectivity index (χ1v) is 13.7. The second-order valence-corrected chi connectivity index (χ2v) is 10.4. The second-order valence-electron chi connectivity index (χ2n) is 9.51. The fraction of sp³-hybridized carbons (Fsp3) is 0.571. The van der Waals surface area contributed by atoms with Crippen molar-refractivity contribution in [1.82, 2.24) is 14.4 Å². The number of unbranched alkanes of at least 4 members (excludes halogenated alkanes) is 1. The number of hydrogen-bond donors (Lipinski definition) is 0. The third-order valence-corrected chi connectivity index (χ3v) is 7.32. The highest BCUT2D eigenvalue weighted by Gasteiger charge is 2.29. The molecule has 2 amide bonds. The van der Waals surface area contributed by atoms with E-state index < -0.39 is 0 Å². The number of aromatic nitrogens is 1. The van der Waals surface area contributed by atoms with Gasteiger partial charge in [0.15, 0.2) is 0 Å². The SMILES string of the molecule is CCCCN(Cc1cccn1Cc1ccc(Br)cc1)C(=O)CN(CCCOC)C(=O)C1CCCC1. The van der Waals surface area contributed by atoms with Crippen LogP contribution < -0.4 is 0 Å². The summed E-state index contributed by atoms with van der Waals surface area (Å²) in [6.07, 6.45) is 8.87. The van der Waals surface area contributed by atoms with Crippen LogP contribution in [0.2, 0.25) is 0 Å². The molecule has 3 rings (SSSR count). The number of carbonyl (C=O) groups is 2. The first-order valence-electron chi connectivity index (χ1n) is 13.0. The zero-order chi connectivity index (χ0) is 25.0. The average molecular weight is 547 g/mol. The topological polar surface area (TPSA) is 54.8 Å². The van der Waals surface area contributed by atoms with Crippen LogP contribution in [0.4, 0.5) is 0 Å². The average Bonchev–Trinajstić information content (AvgIpc) is 3.54. The molecule has 0 atom stereocenters. The molecule has 1 aromatic carbocycles. The molecule has 1 saturated carbocycles. The summed E-state index contributed by atoms with van der Waals surface area (Å²) in [6.45, 7) is 5.45. The Morgan fingerprint density at radius 1 is 1.06 bits per heavy atom. The first-order chi connectivity index (χ1) is 17.0. The number of carbonyl (C=O) groups excluding carboxylic acids is 2. The lowest BCUT2D eigenvalue weighted by molar-refractivity contribution is -0.143. The molecule has 1 fully saturated rings. The monoisotopic (exact) mass is 545 g/mol. The molecule has 0 bridgehead atoms. The van der Waals surface area contributed by atoms with E-state index in [2.05, 4.69) is 63.9 Å². The van der Waals surface area contributed by atoms with E-state index in [0.29, 0.717) is 26.2 Å². The van der Waals surface area contributed by atoms with Crippen molar-refractivity contribution < 1.29 is 14.3 Å². The van der Waals surface area contributed by atoms with Gasteiger partial charge >= 0.3 is 0 Å². The largest absolute Gasteiger partial charge is 0.385 e. The quantitative estimate of drug-likeness (QED) is 0.295. The molecular weight excluding hydrogens is 506 g/mol. The normalized spacial score (nSPS) is 13.8. The van der Waals surface area contributed by atoms with Crippen LogP contribution in [0, 0.1) is 5.92 Å². The molecule has 0 aliphatic heterocycles. The van der Waals surface area contributed by atoms with Crippen molar-refractivity contribution in [1.29, 1.82) is 0 Å². The minimum absolute atomic E-state index is 0.0265. The Morgan fingerprint density at radius 2 is 1.77 bits per heavy atom. The third-order valence-electron chi connectivity index (χ3n) is 6.80. The van der Waals surface area contributed by atoms with Gasteiger partial charge in [0.05, 0.1) is 13.1 Å². The molecule has 1 aromatic heterocycles. The van der Waals surface area contributed by atoms with Gasteiger partial charge in [-0.05, 0) is 55.5 Å². The molecule has 0 N–H and O–H groups in total. The van der Waals surface area contributed by atoms with Gasteiger partial charge in [0.1, 0.15) is 0 Å². The van der Waals surface area contributed by atoms with Crippen molar-refractivity contribution >= 4 is 27.7 Å². The van der Waals surface area contributed by atoms with Crippen molar-refractivity contribution in [2.24, 2.45) is 5.92 Å². The number of methoxy groups -OCH3 is 1. The summed E-state index contributed by atoms with van der Waals surface area (Å²) in [5.74, 6) is 0.234. The Balaban J connectivity index is 1.70. The molecule has 2 aromatic rings. The van der Waals surface area contributed by atoms with Gasteiger partial charge in [-0.3, -0.25) is 9.59 Å². The van der Waals surface area contributed by atoms with Crippen LogP contribution in [0.3, 0.4) is 0 Å². The highest BCUT2D eigenvalue weighted by Crippen LogP contribution is 2.27. The zero-order valence-electron chi connectivity index (χ0n) is 21.3. The molecular formula is C28H40BrN3O3. The van der Waals surface area contributed by atoms with Gasteiger partial charge in [0, 0.05) is 55.6 Å². The molecule has 6 nitrogen and oxygen atoms in total. The van der Waals surface area contributed by atoms with E-state index in [9.17, 15) is 9.59 Å². The molecule has 0 saturated heterocycles. The Labute approximate surface area is 218 Å². The van der Waals surface area contributed by atoms with E-state index in [4.69, 9.17) is 4.74 Å². The number of amides is 2. The van der Waals surface area contributed by atoms with E-state index in [1.165, 1.54) is 5.56 Å². The molecule has 0 unspecified atom stereocenters. The maximum absolute atomic E-state index is 13.5. The Bertz CT molecular complexity index is 922. The van der Waals surface area contributed by atoms with Crippen molar-refractivity contribution in [3.8, 4) is 0 Å². The number of rotatable bonds is 14. The maximum atomic E-state index is 13.5. The molecule has 0 radical (unpaired) electrons. The van der Waals surface area contributed by atoms with Gasteiger partial charge in [0.25, 0.3) is 0 Å². The van der Waals surface area contributed by atoms with Gasteiger partial charge in [-0.15, -0.1) is 0 Å². The standard InChI is InChI=1S/C28H40BrN3O3/c1-3-4-16-31(21-26-11-7-17-30(26)20-23-12-14-25(29)15-13-23)27(33)22-32(18-8-19-35-2)28(34)24-9-5-6-10-24/h7,11-15,17,24H,3-6,8-10,16,18-22H2,1-2H3. The van der Waals surface area contributed by atoms with Crippen LogP contribution in [0.25, 0.3) is 0 Å². The maximum Gasteiger partial charge on any atom is 0.242 e. The van der Waals surface area contributed by atoms with Crippen LogP contribution in [-0.4, -0.2) is 59.5 Å². The highest BCUT2D eigenvalue weighted by molar-refractivity contribution is 9.10. The molecule has 7 heteroatoms. The van der Waals surface area contributed by atoms with E-state index in [1.807, 2.05) is 11.0 Å². The summed E-state index contributed by atoms with van der Waals surface area (Å²) < 4.78 is 8.47. The molecule has 192 valence electrons. The molecule has 1 aliphatic rings. The Hall–Kier alpha value is -2.12. The van der Waals surface area contributed by atoms with E-state index in [1.54, 1.807) is 12.0 Å². The van der Waals surface area contributed by atoms with Crippen LogP contribution in [-0.2, 0) is 27.4 Å². The predicted octanol–water partition coefficient (Wildman–Crippen LogP) is 5.48. The summed E-state index contributed by atoms with van der Waals surface area (Å²) in [7, 11) is 1.67. The molecule has 1 aliphatic carbocycles. The molecule has 0 spiro atoms. The van der Waals surface area contributed by atoms with Crippen molar-refractivity contribution in [3.63, 3.8) is 0 Å². The zero-order valence-corrected chi connectivity index (χ0v) is 22.8. The smallest absolute Gasteiger partial charge is 0.242 e. The third kappa shape index (κ3) is 8.50. The number of nitrogens with zero attached hydrogens (tertiary/aromatic N) is 3. The van der Waals surface area contributed by atoms with Gasteiger partial charge in [0.2, 0.25) is 11.8 Å². The van der Waals surface area contributed by atoms with E-state index in [-0.39, 0.29) is 24.3 Å². The number of hydrogen-bond acceptors (Lipinski definition) is 3. The Morgan fingerprint density at radius 3 is 2.46 bits per heavy atom. The highest BCUT2D eigenvalue weighted by atomic mass is 79.9. The van der Waals surface area contributed by atoms with Crippen LogP contribution in [0.15, 0.2) is 47.1 Å². The number of ether oxygens (including phenoxy) is 1. The number of benzene rings is 1. The van der Waals surface area contributed by atoms with E-state index >= 15 is 0 Å². The lowest BCUT2D eigenvalue weighted by Gasteiger charge is -2.29. The summed E-state index contributed by atoms with van der Waals surface area (Å²) in [4.78, 5) is 30.5. The molecule has 1 heterocycles. The fourth-order valence-electron chi connectivity index (χ4n) is 4.73. The number of halogens is 1. The summed E-state index contributed by atoms with van der Waals surface area (Å²) >= 11 is 3.50. The van der Waals surface area contributed by atoms with Gasteiger partial charge in [-0.25, -0.2) is 0 Å². The lowest BCUT2D eigenvalue weighted by Crippen LogP contribution is -2.45. The van der Waals surface area contributed by atoms with Gasteiger partial charge in [-0.2, -0.15) is 0 Å². The van der Waals surface area contributed by atoms with Crippen LogP contribution >= 0.6 is 15.9 Å². The van der Waals surface area contributed by atoms with Crippen molar-refractivity contribution in [2.75, 3.05) is 33.4 Å². The summed E-state index contributed by atoms with van der Waals surface area (Å²) in [5, 5.41) is 0. The lowest BCUT2D eigenvalue weighted by atomic mass is 10.1. The minimum atomic E-state index is 0.0265.